The zero-order valence-corrected chi connectivity index (χ0v) is 15.6. The number of fused-ring (bicyclic) bond motifs is 1. The molecule has 0 aromatic carbocycles. The molecule has 0 spiro atoms. The molecule has 9 nitrogen and oxygen atoms in total. The SMILES string of the molecule is O=c1cc2c(nn1CC1CCN(c3cncc(-n4cncn4)n3)CC1)CCC2. The number of anilines is 1. The van der Waals surface area contributed by atoms with Crippen LogP contribution >= 0.6 is 0 Å². The first-order valence-corrected chi connectivity index (χ1v) is 9.78. The van der Waals surface area contributed by atoms with Crippen LogP contribution in [-0.2, 0) is 19.4 Å². The zero-order chi connectivity index (χ0) is 18.9. The molecule has 1 aliphatic carbocycles. The molecular formula is C19H22N8O. The largest absolute Gasteiger partial charge is 0.355 e. The molecule has 0 saturated carbocycles. The first-order chi connectivity index (χ1) is 13.8. The average molecular weight is 378 g/mol. The fraction of sp³-hybridized carbons (Fsp3) is 0.474. The first kappa shape index (κ1) is 17.0. The summed E-state index contributed by atoms with van der Waals surface area (Å²) in [6.45, 7) is 2.48. The van der Waals surface area contributed by atoms with Crippen LogP contribution in [0.25, 0.3) is 5.82 Å². The Kier molecular flexibility index (Phi) is 4.34. The van der Waals surface area contributed by atoms with Gasteiger partial charge in [0, 0.05) is 25.7 Å². The van der Waals surface area contributed by atoms with Crippen molar-refractivity contribution in [3.8, 4) is 5.82 Å². The van der Waals surface area contributed by atoms with Crippen LogP contribution in [0.2, 0.25) is 0 Å². The molecule has 9 heteroatoms. The van der Waals surface area contributed by atoms with Gasteiger partial charge in [0.05, 0.1) is 18.1 Å². The van der Waals surface area contributed by atoms with Crippen LogP contribution in [0.3, 0.4) is 0 Å². The summed E-state index contributed by atoms with van der Waals surface area (Å²) in [5, 5.41) is 8.73. The molecule has 1 saturated heterocycles. The summed E-state index contributed by atoms with van der Waals surface area (Å²) in [5.74, 6) is 1.96. The van der Waals surface area contributed by atoms with E-state index >= 15 is 0 Å². The van der Waals surface area contributed by atoms with Gasteiger partial charge in [-0.25, -0.2) is 19.3 Å². The molecular weight excluding hydrogens is 356 g/mol. The third-order valence-corrected chi connectivity index (χ3v) is 5.66. The second-order valence-electron chi connectivity index (χ2n) is 7.50. The van der Waals surface area contributed by atoms with E-state index in [1.807, 2.05) is 0 Å². The van der Waals surface area contributed by atoms with E-state index in [1.54, 1.807) is 34.2 Å². The van der Waals surface area contributed by atoms with Gasteiger partial charge in [-0.1, -0.05) is 0 Å². The van der Waals surface area contributed by atoms with Crippen LogP contribution in [0.1, 0.15) is 30.5 Å². The van der Waals surface area contributed by atoms with E-state index in [-0.39, 0.29) is 5.56 Å². The standard InChI is InChI=1S/C19H22N8O/c28-19-8-15-2-1-3-16(15)24-26(19)11-14-4-6-25(7-5-14)17-9-20-10-18(23-17)27-13-21-12-22-27/h8-10,12-14H,1-7,11H2. The predicted molar refractivity (Wildman–Crippen MR) is 102 cm³/mol. The van der Waals surface area contributed by atoms with Crippen LogP contribution in [0.4, 0.5) is 5.82 Å². The van der Waals surface area contributed by atoms with E-state index in [2.05, 4.69) is 30.0 Å². The smallest absolute Gasteiger partial charge is 0.267 e. The predicted octanol–water partition coefficient (Wildman–Crippen LogP) is 1.02. The lowest BCUT2D eigenvalue weighted by molar-refractivity contribution is 0.333. The van der Waals surface area contributed by atoms with Crippen LogP contribution in [0, 0.1) is 5.92 Å². The maximum absolute atomic E-state index is 12.3. The van der Waals surface area contributed by atoms with Crippen molar-refractivity contribution >= 4 is 5.82 Å². The zero-order valence-electron chi connectivity index (χ0n) is 15.6. The number of aryl methyl sites for hydroxylation is 2. The van der Waals surface area contributed by atoms with E-state index in [4.69, 9.17) is 0 Å². The fourth-order valence-corrected chi connectivity index (χ4v) is 4.09. The highest BCUT2D eigenvalue weighted by atomic mass is 16.1. The van der Waals surface area contributed by atoms with Crippen molar-refractivity contribution in [1.82, 2.24) is 34.5 Å². The highest BCUT2D eigenvalue weighted by Crippen LogP contribution is 2.23. The van der Waals surface area contributed by atoms with Gasteiger partial charge in [0.15, 0.2) is 5.82 Å². The molecule has 1 aliphatic heterocycles. The number of rotatable bonds is 4. The molecule has 3 aromatic heterocycles. The van der Waals surface area contributed by atoms with Gasteiger partial charge in [0.1, 0.15) is 18.5 Å². The van der Waals surface area contributed by atoms with Crippen molar-refractivity contribution in [3.05, 3.63) is 52.7 Å². The third kappa shape index (κ3) is 3.28. The van der Waals surface area contributed by atoms with Gasteiger partial charge in [-0.2, -0.15) is 10.2 Å². The summed E-state index contributed by atoms with van der Waals surface area (Å²) < 4.78 is 3.28. The maximum Gasteiger partial charge on any atom is 0.267 e. The maximum atomic E-state index is 12.3. The van der Waals surface area contributed by atoms with E-state index < -0.39 is 0 Å². The lowest BCUT2D eigenvalue weighted by Crippen LogP contribution is -2.37. The Morgan fingerprint density at radius 3 is 2.75 bits per heavy atom. The van der Waals surface area contributed by atoms with Crippen LogP contribution in [-0.4, -0.2) is 47.6 Å². The molecule has 28 heavy (non-hydrogen) atoms. The topological polar surface area (TPSA) is 94.6 Å². The third-order valence-electron chi connectivity index (χ3n) is 5.66. The van der Waals surface area contributed by atoms with E-state index in [1.165, 1.54) is 6.33 Å². The second-order valence-corrected chi connectivity index (χ2v) is 7.50. The summed E-state index contributed by atoms with van der Waals surface area (Å²) in [6, 6.07) is 1.79. The van der Waals surface area contributed by atoms with Crippen LogP contribution in [0.5, 0.6) is 0 Å². The molecule has 0 amide bonds. The minimum Gasteiger partial charge on any atom is -0.355 e. The Hall–Kier alpha value is -3.10. The molecule has 0 N–H and O–H groups in total. The number of piperidine rings is 1. The molecule has 0 unspecified atom stereocenters. The van der Waals surface area contributed by atoms with E-state index in [0.29, 0.717) is 18.3 Å². The molecule has 3 aromatic rings. The molecule has 1 fully saturated rings. The lowest BCUT2D eigenvalue weighted by Gasteiger charge is -2.32. The van der Waals surface area contributed by atoms with Crippen molar-refractivity contribution in [2.75, 3.05) is 18.0 Å². The van der Waals surface area contributed by atoms with Gasteiger partial charge in [-0.3, -0.25) is 9.78 Å². The fourth-order valence-electron chi connectivity index (χ4n) is 4.09. The van der Waals surface area contributed by atoms with Gasteiger partial charge in [0.25, 0.3) is 5.56 Å². The summed E-state index contributed by atoms with van der Waals surface area (Å²) in [6.07, 6.45) is 11.7. The number of hydrogen-bond donors (Lipinski definition) is 0. The van der Waals surface area contributed by atoms with Gasteiger partial charge in [-0.05, 0) is 43.6 Å². The van der Waals surface area contributed by atoms with Crippen LogP contribution in [0.15, 0.2) is 35.9 Å². The average Bonchev–Trinajstić information content (AvgIpc) is 3.41. The minimum absolute atomic E-state index is 0.0366. The first-order valence-electron chi connectivity index (χ1n) is 9.78. The summed E-state index contributed by atoms with van der Waals surface area (Å²) >= 11 is 0. The Morgan fingerprint density at radius 1 is 1.07 bits per heavy atom. The van der Waals surface area contributed by atoms with Gasteiger partial charge in [0.2, 0.25) is 0 Å². The highest BCUT2D eigenvalue weighted by molar-refractivity contribution is 5.39. The summed E-state index contributed by atoms with van der Waals surface area (Å²) in [5.41, 5.74) is 2.29. The number of nitrogens with zero attached hydrogens (tertiary/aromatic N) is 8. The highest BCUT2D eigenvalue weighted by Gasteiger charge is 2.23. The van der Waals surface area contributed by atoms with Gasteiger partial charge < -0.3 is 4.90 Å². The molecule has 2 aliphatic rings. The molecule has 4 heterocycles. The lowest BCUT2D eigenvalue weighted by atomic mass is 9.97. The van der Waals surface area contributed by atoms with Crippen molar-refractivity contribution in [2.24, 2.45) is 5.92 Å². The Labute approximate surface area is 162 Å². The molecule has 144 valence electrons. The Bertz CT molecular complexity index is 1020. The number of aromatic nitrogens is 7. The van der Waals surface area contributed by atoms with Crippen molar-refractivity contribution < 1.29 is 0 Å². The summed E-state index contributed by atoms with van der Waals surface area (Å²) in [4.78, 5) is 27.5. The van der Waals surface area contributed by atoms with Crippen molar-refractivity contribution in [3.63, 3.8) is 0 Å². The minimum atomic E-state index is 0.0366. The molecule has 5 rings (SSSR count). The van der Waals surface area contributed by atoms with Gasteiger partial charge >= 0.3 is 0 Å². The normalized spacial score (nSPS) is 17.1. The van der Waals surface area contributed by atoms with E-state index in [9.17, 15) is 4.79 Å². The summed E-state index contributed by atoms with van der Waals surface area (Å²) in [7, 11) is 0. The number of hydrogen-bond acceptors (Lipinski definition) is 7. The van der Waals surface area contributed by atoms with Crippen LogP contribution < -0.4 is 10.5 Å². The second kappa shape index (κ2) is 7.14. The Balaban J connectivity index is 1.25. The van der Waals surface area contributed by atoms with Crippen molar-refractivity contribution in [2.45, 2.75) is 38.6 Å². The van der Waals surface area contributed by atoms with E-state index in [0.717, 1.165) is 62.3 Å². The molecule has 0 bridgehead atoms. The molecule has 0 atom stereocenters. The molecule has 0 radical (unpaired) electrons. The van der Waals surface area contributed by atoms with Gasteiger partial charge in [-0.15, -0.1) is 0 Å². The Morgan fingerprint density at radius 2 is 1.93 bits per heavy atom. The van der Waals surface area contributed by atoms with Crippen molar-refractivity contribution in [1.29, 1.82) is 0 Å². The monoisotopic (exact) mass is 378 g/mol. The quantitative estimate of drug-likeness (QED) is 0.669.